The van der Waals surface area contributed by atoms with Crippen LogP contribution in [0.4, 0.5) is 18.9 Å². The number of rotatable bonds is 5. The highest BCUT2D eigenvalue weighted by Gasteiger charge is 2.52. The Labute approximate surface area is 211 Å². The molecule has 7 nitrogen and oxygen atoms in total. The summed E-state index contributed by atoms with van der Waals surface area (Å²) in [6.07, 6.45) is -1.40. The summed E-state index contributed by atoms with van der Waals surface area (Å²) in [5, 5.41) is 3.84. The quantitative estimate of drug-likeness (QED) is 0.499. The van der Waals surface area contributed by atoms with E-state index in [0.717, 1.165) is 36.1 Å². The van der Waals surface area contributed by atoms with Crippen molar-refractivity contribution in [2.75, 3.05) is 25.1 Å². The molecule has 37 heavy (non-hydrogen) atoms. The molecule has 1 saturated heterocycles. The highest BCUT2D eigenvalue weighted by Crippen LogP contribution is 2.52. The zero-order valence-electron chi connectivity index (χ0n) is 20.2. The Bertz CT molecular complexity index is 1380. The molecule has 0 spiro atoms. The van der Waals surface area contributed by atoms with Gasteiger partial charge < -0.3 is 14.5 Å². The molecule has 3 aromatic rings. The van der Waals surface area contributed by atoms with Crippen LogP contribution in [0.2, 0.25) is 0 Å². The molecule has 3 aliphatic rings. The number of ether oxygens (including phenoxy) is 1. The second-order valence-electron chi connectivity index (χ2n) is 9.72. The fraction of sp³-hybridized carbons (Fsp3) is 0.370. The summed E-state index contributed by atoms with van der Waals surface area (Å²) in [5.74, 6) is 0.175. The van der Waals surface area contributed by atoms with Crippen molar-refractivity contribution in [3.05, 3.63) is 71.0 Å². The molecule has 1 aliphatic carbocycles. The minimum atomic E-state index is -4.68. The molecule has 3 heterocycles. The molecule has 0 radical (unpaired) electrons. The second kappa shape index (κ2) is 8.36. The number of carbonyl (C=O) groups excluding carboxylic acids is 2. The van der Waals surface area contributed by atoms with Crippen molar-refractivity contribution in [2.45, 2.75) is 43.8 Å². The first-order chi connectivity index (χ1) is 17.7. The molecule has 10 heteroatoms. The van der Waals surface area contributed by atoms with Crippen molar-refractivity contribution in [1.29, 1.82) is 0 Å². The lowest BCUT2D eigenvalue weighted by molar-refractivity contribution is -0.142. The predicted molar refractivity (Wildman–Crippen MR) is 129 cm³/mol. The number of anilines is 1. The number of hydrogen-bond donors (Lipinski definition) is 0. The smallest absolute Gasteiger partial charge is 0.435 e. The number of likely N-dealkylation sites (tertiary alicyclic amines) is 1. The van der Waals surface area contributed by atoms with Gasteiger partial charge in [0, 0.05) is 30.8 Å². The van der Waals surface area contributed by atoms with Crippen molar-refractivity contribution in [3.63, 3.8) is 0 Å². The van der Waals surface area contributed by atoms with Crippen LogP contribution >= 0.6 is 0 Å². The van der Waals surface area contributed by atoms with Crippen molar-refractivity contribution in [2.24, 2.45) is 0 Å². The molecular weight excluding hydrogens is 485 g/mol. The first kappa shape index (κ1) is 23.6. The topological polar surface area (TPSA) is 67.7 Å². The summed E-state index contributed by atoms with van der Waals surface area (Å²) < 4.78 is 47.7. The Morgan fingerprint density at radius 3 is 2.16 bits per heavy atom. The van der Waals surface area contributed by atoms with Gasteiger partial charge in [-0.3, -0.25) is 9.59 Å². The van der Waals surface area contributed by atoms with Gasteiger partial charge in [0.15, 0.2) is 5.69 Å². The number of hydrogen-bond acceptors (Lipinski definition) is 4. The summed E-state index contributed by atoms with van der Waals surface area (Å²) in [6, 6.07) is 13.9. The van der Waals surface area contributed by atoms with E-state index in [-0.39, 0.29) is 35.7 Å². The van der Waals surface area contributed by atoms with Gasteiger partial charge in [-0.15, -0.1) is 0 Å². The fourth-order valence-electron chi connectivity index (χ4n) is 5.63. The number of benzene rings is 2. The Kier molecular flexibility index (Phi) is 5.32. The number of alkyl halides is 3. The number of halogens is 3. The lowest BCUT2D eigenvalue weighted by Crippen LogP contribution is -2.39. The Morgan fingerprint density at radius 2 is 1.59 bits per heavy atom. The van der Waals surface area contributed by atoms with Crippen LogP contribution in [0.1, 0.15) is 53.0 Å². The van der Waals surface area contributed by atoms with E-state index < -0.39 is 17.8 Å². The van der Waals surface area contributed by atoms with Crippen LogP contribution in [0.5, 0.6) is 5.75 Å². The van der Waals surface area contributed by atoms with Crippen LogP contribution in [-0.2, 0) is 22.9 Å². The molecule has 1 aromatic heterocycles. The van der Waals surface area contributed by atoms with Crippen LogP contribution in [0.3, 0.4) is 0 Å². The summed E-state index contributed by atoms with van der Waals surface area (Å²) in [4.78, 5) is 29.4. The maximum Gasteiger partial charge on any atom is 0.435 e. The molecule has 0 N–H and O–H groups in total. The first-order valence-electron chi connectivity index (χ1n) is 12.3. The van der Waals surface area contributed by atoms with Crippen LogP contribution in [-0.4, -0.2) is 46.7 Å². The largest absolute Gasteiger partial charge is 0.497 e. The van der Waals surface area contributed by atoms with Gasteiger partial charge in [-0.25, -0.2) is 4.68 Å². The zero-order valence-corrected chi connectivity index (χ0v) is 20.2. The molecule has 0 unspecified atom stereocenters. The Balaban J connectivity index is 1.34. The maximum absolute atomic E-state index is 13.8. The van der Waals surface area contributed by atoms with Crippen LogP contribution in [0.25, 0.3) is 5.69 Å². The molecule has 0 bridgehead atoms. The van der Waals surface area contributed by atoms with Gasteiger partial charge in [0.1, 0.15) is 11.4 Å². The van der Waals surface area contributed by atoms with Gasteiger partial charge in [0.05, 0.1) is 18.3 Å². The number of methoxy groups -OCH3 is 1. The molecule has 2 fully saturated rings. The number of fused-ring (bicyclic) bond motifs is 1. The summed E-state index contributed by atoms with van der Waals surface area (Å²) in [5.41, 5.74) is 0.481. The van der Waals surface area contributed by atoms with Gasteiger partial charge in [-0.1, -0.05) is 12.1 Å². The third kappa shape index (κ3) is 3.77. The van der Waals surface area contributed by atoms with Crippen molar-refractivity contribution < 1.29 is 27.5 Å². The van der Waals surface area contributed by atoms with E-state index in [1.807, 2.05) is 29.2 Å². The van der Waals surface area contributed by atoms with E-state index in [2.05, 4.69) is 5.10 Å². The molecule has 1 saturated carbocycles. The highest BCUT2D eigenvalue weighted by molar-refractivity contribution is 6.07. The van der Waals surface area contributed by atoms with E-state index >= 15 is 0 Å². The van der Waals surface area contributed by atoms with Crippen LogP contribution < -0.4 is 9.64 Å². The lowest BCUT2D eigenvalue weighted by Gasteiger charge is -2.30. The number of amides is 2. The van der Waals surface area contributed by atoms with Gasteiger partial charge in [-0.2, -0.15) is 18.3 Å². The third-order valence-corrected chi connectivity index (χ3v) is 7.63. The first-order valence-corrected chi connectivity index (χ1v) is 12.3. The van der Waals surface area contributed by atoms with Crippen molar-refractivity contribution in [1.82, 2.24) is 14.7 Å². The standard InChI is InChI=1S/C27H25F3N4O3/c1-37-20-10-8-19(9-11-20)34-23-21(24(31-34)27(28,29)30)12-16-32(25(23)36)18-6-4-17(5-7-18)26(13-14-26)33-15-2-3-22(33)35/h4-11H,2-3,12-16H2,1H3. The van der Waals surface area contributed by atoms with Gasteiger partial charge in [-0.05, 0) is 67.6 Å². The van der Waals surface area contributed by atoms with Gasteiger partial charge in [0.2, 0.25) is 5.91 Å². The SMILES string of the molecule is COc1ccc(-n2nc(C(F)(F)F)c3c2C(=O)N(c2ccc(C4(N5CCCC5=O)CC4)cc2)CC3)cc1. The Hall–Kier alpha value is -3.82. The molecule has 2 aliphatic heterocycles. The molecule has 2 aromatic carbocycles. The lowest BCUT2D eigenvalue weighted by atomic mass is 10.00. The van der Waals surface area contributed by atoms with Crippen LogP contribution in [0, 0.1) is 0 Å². The van der Waals surface area contributed by atoms with E-state index in [4.69, 9.17) is 4.74 Å². The normalized spacial score (nSPS) is 18.8. The van der Waals surface area contributed by atoms with E-state index in [0.29, 0.717) is 23.5 Å². The Morgan fingerprint density at radius 1 is 0.919 bits per heavy atom. The molecule has 2 amide bonds. The predicted octanol–water partition coefficient (Wildman–Crippen LogP) is 4.71. The molecule has 192 valence electrons. The summed E-state index contributed by atoms with van der Waals surface area (Å²) >= 11 is 0. The van der Waals surface area contributed by atoms with Gasteiger partial charge >= 0.3 is 6.18 Å². The minimum Gasteiger partial charge on any atom is -0.497 e. The average Bonchev–Trinajstić information content (AvgIpc) is 3.40. The maximum atomic E-state index is 13.8. The zero-order chi connectivity index (χ0) is 25.9. The summed E-state index contributed by atoms with van der Waals surface area (Å²) in [6.45, 7) is 0.864. The molecule has 6 rings (SSSR count). The van der Waals surface area contributed by atoms with Crippen LogP contribution in [0.15, 0.2) is 48.5 Å². The third-order valence-electron chi connectivity index (χ3n) is 7.63. The number of aromatic nitrogens is 2. The van der Waals surface area contributed by atoms with E-state index in [9.17, 15) is 22.8 Å². The number of carbonyl (C=O) groups is 2. The van der Waals surface area contributed by atoms with E-state index in [1.54, 1.807) is 24.3 Å². The number of nitrogens with zero attached hydrogens (tertiary/aromatic N) is 4. The fourth-order valence-corrected chi connectivity index (χ4v) is 5.63. The van der Waals surface area contributed by atoms with E-state index in [1.165, 1.54) is 12.0 Å². The molecule has 0 atom stereocenters. The highest BCUT2D eigenvalue weighted by atomic mass is 19.4. The van der Waals surface area contributed by atoms with Crippen molar-refractivity contribution >= 4 is 17.5 Å². The summed E-state index contributed by atoms with van der Waals surface area (Å²) in [7, 11) is 1.49. The minimum absolute atomic E-state index is 0.0278. The molecular formula is C27H25F3N4O3. The monoisotopic (exact) mass is 510 g/mol. The second-order valence-corrected chi connectivity index (χ2v) is 9.72. The average molecular weight is 511 g/mol. The van der Waals surface area contributed by atoms with Crippen molar-refractivity contribution in [3.8, 4) is 11.4 Å². The van der Waals surface area contributed by atoms with Gasteiger partial charge in [0.25, 0.3) is 5.91 Å².